The number of anilines is 1. The Morgan fingerprint density at radius 2 is 1.95 bits per heavy atom. The molecular weight excluding hydrogens is 280 g/mol. The van der Waals surface area contributed by atoms with Gasteiger partial charge in [0.25, 0.3) is 0 Å². The van der Waals surface area contributed by atoms with Gasteiger partial charge < -0.3 is 10.2 Å². The van der Waals surface area contributed by atoms with Crippen molar-refractivity contribution >= 4 is 17.4 Å². The highest BCUT2D eigenvalue weighted by molar-refractivity contribution is 7.98. The molecule has 1 heterocycles. The number of benzene rings is 2. The van der Waals surface area contributed by atoms with E-state index in [2.05, 4.69) is 11.1 Å². The number of nitrogens with two attached hydrogens (primary N) is 1. The maximum Gasteiger partial charge on any atom is 0.226 e. The fraction of sp³-hybridized carbons (Fsp3) is 0.118. The molecule has 0 aliphatic carbocycles. The Labute approximate surface area is 128 Å². The molecule has 0 aliphatic rings. The van der Waals surface area contributed by atoms with Crippen molar-refractivity contribution in [3.63, 3.8) is 0 Å². The van der Waals surface area contributed by atoms with Crippen molar-refractivity contribution in [2.24, 2.45) is 0 Å². The molecule has 0 fully saturated rings. The second-order valence-corrected chi connectivity index (χ2v) is 5.86. The molecule has 2 aromatic carbocycles. The molecule has 0 saturated carbocycles. The number of hydrogen-bond acceptors (Lipinski definition) is 4. The standard InChI is InChI=1S/C17H16N2OS/c1-12-7-8-16(15(18)9-12)21-11-14-10-20-17(19-14)13-5-3-2-4-6-13/h2-10H,11,18H2,1H3. The van der Waals surface area contributed by atoms with Crippen LogP contribution in [0.2, 0.25) is 0 Å². The average molecular weight is 296 g/mol. The molecule has 3 nitrogen and oxygen atoms in total. The summed E-state index contributed by atoms with van der Waals surface area (Å²) in [6.45, 7) is 2.04. The van der Waals surface area contributed by atoms with Gasteiger partial charge in [0.1, 0.15) is 6.26 Å². The van der Waals surface area contributed by atoms with Gasteiger partial charge in [0.05, 0.1) is 5.69 Å². The second-order valence-electron chi connectivity index (χ2n) is 4.84. The summed E-state index contributed by atoms with van der Waals surface area (Å²) < 4.78 is 5.53. The summed E-state index contributed by atoms with van der Waals surface area (Å²) in [4.78, 5) is 5.59. The number of rotatable bonds is 4. The smallest absolute Gasteiger partial charge is 0.226 e. The lowest BCUT2D eigenvalue weighted by atomic mass is 10.2. The van der Waals surface area contributed by atoms with E-state index < -0.39 is 0 Å². The number of hydrogen-bond donors (Lipinski definition) is 1. The minimum Gasteiger partial charge on any atom is -0.444 e. The Balaban J connectivity index is 1.70. The molecule has 21 heavy (non-hydrogen) atoms. The maximum atomic E-state index is 6.02. The van der Waals surface area contributed by atoms with Gasteiger partial charge in [-0.15, -0.1) is 11.8 Å². The summed E-state index contributed by atoms with van der Waals surface area (Å²) in [6, 6.07) is 16.0. The van der Waals surface area contributed by atoms with Crippen LogP contribution in [0.5, 0.6) is 0 Å². The van der Waals surface area contributed by atoms with Crippen molar-refractivity contribution in [2.45, 2.75) is 17.6 Å². The minimum absolute atomic E-state index is 0.656. The molecule has 3 rings (SSSR count). The lowest BCUT2D eigenvalue weighted by molar-refractivity contribution is 0.573. The van der Waals surface area contributed by atoms with Crippen molar-refractivity contribution in [2.75, 3.05) is 5.73 Å². The average Bonchev–Trinajstić information content (AvgIpc) is 2.96. The molecule has 0 amide bonds. The normalized spacial score (nSPS) is 10.7. The van der Waals surface area contributed by atoms with Gasteiger partial charge in [0, 0.05) is 21.9 Å². The molecule has 0 radical (unpaired) electrons. The SMILES string of the molecule is Cc1ccc(SCc2coc(-c3ccccc3)n2)c(N)c1. The second kappa shape index (κ2) is 6.06. The molecule has 0 spiro atoms. The van der Waals surface area contributed by atoms with E-state index in [-0.39, 0.29) is 0 Å². The third-order valence-corrected chi connectivity index (χ3v) is 4.24. The lowest BCUT2D eigenvalue weighted by Gasteiger charge is -2.04. The van der Waals surface area contributed by atoms with Gasteiger partial charge >= 0.3 is 0 Å². The van der Waals surface area contributed by atoms with Gasteiger partial charge in [-0.05, 0) is 36.8 Å². The van der Waals surface area contributed by atoms with E-state index in [1.165, 1.54) is 5.56 Å². The van der Waals surface area contributed by atoms with Crippen LogP contribution in [-0.4, -0.2) is 4.98 Å². The van der Waals surface area contributed by atoms with Crippen LogP contribution in [-0.2, 0) is 5.75 Å². The zero-order chi connectivity index (χ0) is 14.7. The lowest BCUT2D eigenvalue weighted by Crippen LogP contribution is -1.90. The first-order chi connectivity index (χ1) is 10.2. The number of aromatic nitrogens is 1. The topological polar surface area (TPSA) is 52.0 Å². The van der Waals surface area contributed by atoms with E-state index in [0.717, 1.165) is 27.6 Å². The maximum absolute atomic E-state index is 6.02. The molecule has 106 valence electrons. The molecule has 0 atom stereocenters. The van der Waals surface area contributed by atoms with Gasteiger partial charge in [-0.25, -0.2) is 4.98 Å². The number of nitrogens with zero attached hydrogens (tertiary/aromatic N) is 1. The third kappa shape index (κ3) is 3.28. The molecule has 4 heteroatoms. The molecule has 0 aliphatic heterocycles. The van der Waals surface area contributed by atoms with Crippen molar-refractivity contribution < 1.29 is 4.42 Å². The van der Waals surface area contributed by atoms with E-state index in [1.54, 1.807) is 18.0 Å². The van der Waals surface area contributed by atoms with Crippen molar-refractivity contribution in [3.8, 4) is 11.5 Å². The van der Waals surface area contributed by atoms with Crippen LogP contribution in [0.3, 0.4) is 0 Å². The zero-order valence-corrected chi connectivity index (χ0v) is 12.6. The molecule has 0 bridgehead atoms. The number of nitrogen functional groups attached to an aromatic ring is 1. The Morgan fingerprint density at radius 3 is 2.71 bits per heavy atom. The van der Waals surface area contributed by atoms with Gasteiger partial charge in [-0.1, -0.05) is 24.3 Å². The van der Waals surface area contributed by atoms with Crippen molar-refractivity contribution in [3.05, 3.63) is 66.1 Å². The molecule has 3 aromatic rings. The molecule has 2 N–H and O–H groups in total. The van der Waals surface area contributed by atoms with Crippen LogP contribution >= 0.6 is 11.8 Å². The van der Waals surface area contributed by atoms with Crippen LogP contribution in [0.15, 0.2) is 64.1 Å². The minimum atomic E-state index is 0.656. The monoisotopic (exact) mass is 296 g/mol. The van der Waals surface area contributed by atoms with Gasteiger partial charge in [-0.3, -0.25) is 0 Å². The van der Waals surface area contributed by atoms with Gasteiger partial charge in [0.15, 0.2) is 0 Å². The predicted molar refractivity (Wildman–Crippen MR) is 87.1 cm³/mol. The Hall–Kier alpha value is -2.20. The van der Waals surface area contributed by atoms with Crippen molar-refractivity contribution in [1.29, 1.82) is 0 Å². The highest BCUT2D eigenvalue weighted by Gasteiger charge is 2.07. The predicted octanol–water partition coefficient (Wildman–Crippen LogP) is 4.52. The highest BCUT2D eigenvalue weighted by atomic mass is 32.2. The first kappa shape index (κ1) is 13.8. The molecule has 0 unspecified atom stereocenters. The number of thioether (sulfide) groups is 1. The van der Waals surface area contributed by atoms with Crippen LogP contribution < -0.4 is 5.73 Å². The van der Waals surface area contributed by atoms with E-state index in [9.17, 15) is 0 Å². The third-order valence-electron chi connectivity index (χ3n) is 3.11. The van der Waals surface area contributed by atoms with Crippen LogP contribution in [0.25, 0.3) is 11.5 Å². The zero-order valence-electron chi connectivity index (χ0n) is 11.7. The van der Waals surface area contributed by atoms with E-state index in [4.69, 9.17) is 10.2 Å². The summed E-state index contributed by atoms with van der Waals surface area (Å²) in [7, 11) is 0. The molecule has 1 aromatic heterocycles. The van der Waals surface area contributed by atoms with Crippen LogP contribution in [0, 0.1) is 6.92 Å². The molecular formula is C17H16N2OS. The highest BCUT2D eigenvalue weighted by Crippen LogP contribution is 2.29. The van der Waals surface area contributed by atoms with Gasteiger partial charge in [-0.2, -0.15) is 0 Å². The summed E-state index contributed by atoms with van der Waals surface area (Å²) in [5, 5.41) is 0. The summed E-state index contributed by atoms with van der Waals surface area (Å²) in [6.07, 6.45) is 1.71. The summed E-state index contributed by atoms with van der Waals surface area (Å²) in [5.74, 6) is 1.40. The fourth-order valence-electron chi connectivity index (χ4n) is 2.04. The first-order valence-corrected chi connectivity index (χ1v) is 7.70. The van der Waals surface area contributed by atoms with Crippen LogP contribution in [0.1, 0.15) is 11.3 Å². The van der Waals surface area contributed by atoms with E-state index in [0.29, 0.717) is 5.89 Å². The number of oxazole rings is 1. The Morgan fingerprint density at radius 1 is 1.14 bits per heavy atom. The Kier molecular flexibility index (Phi) is 3.97. The quantitative estimate of drug-likeness (QED) is 0.568. The number of aryl methyl sites for hydroxylation is 1. The Bertz CT molecular complexity index is 738. The largest absolute Gasteiger partial charge is 0.444 e. The molecule has 0 saturated heterocycles. The summed E-state index contributed by atoms with van der Waals surface area (Å²) in [5.41, 5.74) is 9.90. The summed E-state index contributed by atoms with van der Waals surface area (Å²) >= 11 is 1.67. The van der Waals surface area contributed by atoms with Crippen molar-refractivity contribution in [1.82, 2.24) is 4.98 Å². The van der Waals surface area contributed by atoms with E-state index in [1.807, 2.05) is 49.4 Å². The first-order valence-electron chi connectivity index (χ1n) is 6.71. The fourth-order valence-corrected chi connectivity index (χ4v) is 2.86. The van der Waals surface area contributed by atoms with E-state index >= 15 is 0 Å². The van der Waals surface area contributed by atoms with Gasteiger partial charge in [0.2, 0.25) is 5.89 Å². The van der Waals surface area contributed by atoms with Crippen LogP contribution in [0.4, 0.5) is 5.69 Å².